The van der Waals surface area contributed by atoms with Crippen LogP contribution in [0.1, 0.15) is 19.3 Å². The molecule has 1 heterocycles. The molecule has 0 aliphatic carbocycles. The van der Waals surface area contributed by atoms with Crippen LogP contribution < -0.4 is 5.32 Å². The van der Waals surface area contributed by atoms with E-state index in [0.717, 1.165) is 25.8 Å². The minimum Gasteiger partial charge on any atom is -0.469 e. The Bertz CT molecular complexity index is 218. The first-order valence-corrected chi connectivity index (χ1v) is 5.59. The zero-order chi connectivity index (χ0) is 12.0. The molecule has 16 heavy (non-hydrogen) atoms. The molecule has 0 radical (unpaired) electrons. The average molecular weight is 231 g/mol. The molecular formula is C11H21NO4. The summed E-state index contributed by atoms with van der Waals surface area (Å²) in [5, 5.41) is 3.31. The second-order valence-electron chi connectivity index (χ2n) is 3.96. The van der Waals surface area contributed by atoms with Gasteiger partial charge in [0.2, 0.25) is 0 Å². The minimum absolute atomic E-state index is 0.0284. The molecule has 0 aromatic heterocycles. The number of rotatable bonds is 6. The Morgan fingerprint density at radius 3 is 2.62 bits per heavy atom. The van der Waals surface area contributed by atoms with E-state index in [0.29, 0.717) is 0 Å². The van der Waals surface area contributed by atoms with Gasteiger partial charge in [-0.25, -0.2) is 0 Å². The van der Waals surface area contributed by atoms with E-state index in [1.165, 1.54) is 7.11 Å². The summed E-state index contributed by atoms with van der Waals surface area (Å²) in [6.45, 7) is 0.870. The molecule has 1 aliphatic rings. The number of carbonyl (C=O) groups excluding carboxylic acids is 1. The predicted octanol–water partition coefficient (Wildman–Crippen LogP) is 0.537. The summed E-state index contributed by atoms with van der Waals surface area (Å²) in [5.41, 5.74) is 0. The minimum atomic E-state index is -0.194. The smallest absolute Gasteiger partial charge is 0.310 e. The molecule has 0 saturated carbocycles. The first kappa shape index (κ1) is 13.4. The first-order valence-electron chi connectivity index (χ1n) is 5.59. The van der Waals surface area contributed by atoms with Gasteiger partial charge in [-0.2, -0.15) is 0 Å². The number of carbonyl (C=O) groups is 1. The van der Waals surface area contributed by atoms with E-state index in [2.05, 4.69) is 5.32 Å². The summed E-state index contributed by atoms with van der Waals surface area (Å²) in [4.78, 5) is 11.5. The van der Waals surface area contributed by atoms with Crippen LogP contribution >= 0.6 is 0 Å². The molecule has 0 unspecified atom stereocenters. The highest BCUT2D eigenvalue weighted by atomic mass is 16.7. The van der Waals surface area contributed by atoms with Gasteiger partial charge >= 0.3 is 5.97 Å². The molecule has 0 aromatic rings. The normalized spacial score (nSPS) is 25.0. The van der Waals surface area contributed by atoms with Crippen molar-refractivity contribution in [2.24, 2.45) is 5.92 Å². The van der Waals surface area contributed by atoms with Crippen LogP contribution in [0.3, 0.4) is 0 Å². The van der Waals surface area contributed by atoms with Crippen LogP contribution in [0, 0.1) is 5.92 Å². The second kappa shape index (κ2) is 6.83. The van der Waals surface area contributed by atoms with Crippen LogP contribution in [0.2, 0.25) is 0 Å². The molecule has 0 aromatic carbocycles. The molecule has 1 saturated heterocycles. The van der Waals surface area contributed by atoms with E-state index >= 15 is 0 Å². The Kier molecular flexibility index (Phi) is 5.73. The van der Waals surface area contributed by atoms with Crippen LogP contribution in [-0.2, 0) is 19.0 Å². The van der Waals surface area contributed by atoms with Gasteiger partial charge in [-0.15, -0.1) is 0 Å². The SMILES string of the molecule is COC(=O)[C@H]1CCN[C@H]1CCC(OC)OC. The van der Waals surface area contributed by atoms with Gasteiger partial charge in [0.25, 0.3) is 0 Å². The summed E-state index contributed by atoms with van der Waals surface area (Å²) < 4.78 is 15.0. The third kappa shape index (κ3) is 3.43. The predicted molar refractivity (Wildman–Crippen MR) is 59.0 cm³/mol. The van der Waals surface area contributed by atoms with Gasteiger partial charge in [0, 0.05) is 20.3 Å². The molecule has 94 valence electrons. The van der Waals surface area contributed by atoms with Gasteiger partial charge in [-0.3, -0.25) is 4.79 Å². The Hall–Kier alpha value is -0.650. The maximum Gasteiger partial charge on any atom is 0.310 e. The van der Waals surface area contributed by atoms with E-state index < -0.39 is 0 Å². The second-order valence-corrected chi connectivity index (χ2v) is 3.96. The number of ether oxygens (including phenoxy) is 3. The number of hydrogen-bond acceptors (Lipinski definition) is 5. The molecule has 1 rings (SSSR count). The lowest BCUT2D eigenvalue weighted by molar-refractivity contribution is -0.146. The summed E-state index contributed by atoms with van der Waals surface area (Å²) >= 11 is 0. The maximum atomic E-state index is 11.5. The molecule has 0 bridgehead atoms. The van der Waals surface area contributed by atoms with Crippen LogP contribution in [0.25, 0.3) is 0 Å². The fraction of sp³-hybridized carbons (Fsp3) is 0.909. The Labute approximate surface area is 96.4 Å². The van der Waals surface area contributed by atoms with Crippen molar-refractivity contribution in [2.45, 2.75) is 31.6 Å². The monoisotopic (exact) mass is 231 g/mol. The molecule has 5 heteroatoms. The highest BCUT2D eigenvalue weighted by molar-refractivity contribution is 5.73. The highest BCUT2D eigenvalue weighted by Gasteiger charge is 2.33. The molecule has 1 aliphatic heterocycles. The van der Waals surface area contributed by atoms with Gasteiger partial charge in [0.1, 0.15) is 0 Å². The molecule has 0 spiro atoms. The van der Waals surface area contributed by atoms with Crippen LogP contribution in [0.5, 0.6) is 0 Å². The number of esters is 1. The molecule has 2 atom stereocenters. The molecular weight excluding hydrogens is 210 g/mol. The summed E-state index contributed by atoms with van der Waals surface area (Å²) in [5.74, 6) is -0.152. The Morgan fingerprint density at radius 2 is 2.06 bits per heavy atom. The number of hydrogen-bond donors (Lipinski definition) is 1. The van der Waals surface area contributed by atoms with Gasteiger partial charge in [-0.1, -0.05) is 0 Å². The van der Waals surface area contributed by atoms with Crippen molar-refractivity contribution in [3.8, 4) is 0 Å². The zero-order valence-electron chi connectivity index (χ0n) is 10.2. The topological polar surface area (TPSA) is 56.8 Å². The Balaban J connectivity index is 2.37. The third-order valence-electron chi connectivity index (χ3n) is 3.09. The Morgan fingerprint density at radius 1 is 1.38 bits per heavy atom. The summed E-state index contributed by atoms with van der Waals surface area (Å²) in [6.07, 6.45) is 2.28. The van der Waals surface area contributed by atoms with E-state index in [1.807, 2.05) is 0 Å². The lowest BCUT2D eigenvalue weighted by Crippen LogP contribution is -2.33. The molecule has 1 N–H and O–H groups in total. The fourth-order valence-electron chi connectivity index (χ4n) is 2.15. The van der Waals surface area contributed by atoms with E-state index in [1.54, 1.807) is 14.2 Å². The number of methoxy groups -OCH3 is 3. The van der Waals surface area contributed by atoms with Crippen LogP contribution in [0.15, 0.2) is 0 Å². The zero-order valence-corrected chi connectivity index (χ0v) is 10.2. The van der Waals surface area contributed by atoms with Gasteiger partial charge in [-0.05, 0) is 25.8 Å². The maximum absolute atomic E-state index is 11.5. The van der Waals surface area contributed by atoms with Crippen molar-refractivity contribution in [2.75, 3.05) is 27.9 Å². The highest BCUT2D eigenvalue weighted by Crippen LogP contribution is 2.21. The van der Waals surface area contributed by atoms with Crippen molar-refractivity contribution in [3.05, 3.63) is 0 Å². The van der Waals surface area contributed by atoms with Gasteiger partial charge in [0.15, 0.2) is 6.29 Å². The van der Waals surface area contributed by atoms with Gasteiger partial charge < -0.3 is 19.5 Å². The van der Waals surface area contributed by atoms with E-state index in [4.69, 9.17) is 14.2 Å². The summed E-state index contributed by atoms with van der Waals surface area (Å²) in [7, 11) is 4.67. The van der Waals surface area contributed by atoms with E-state index in [9.17, 15) is 4.79 Å². The first-order chi connectivity index (χ1) is 7.72. The third-order valence-corrected chi connectivity index (χ3v) is 3.09. The van der Waals surface area contributed by atoms with Crippen molar-refractivity contribution in [1.82, 2.24) is 5.32 Å². The van der Waals surface area contributed by atoms with Crippen molar-refractivity contribution < 1.29 is 19.0 Å². The van der Waals surface area contributed by atoms with Crippen molar-refractivity contribution in [3.63, 3.8) is 0 Å². The molecule has 1 fully saturated rings. The molecule has 0 amide bonds. The van der Waals surface area contributed by atoms with Crippen molar-refractivity contribution >= 4 is 5.97 Å². The van der Waals surface area contributed by atoms with Crippen LogP contribution in [0.4, 0.5) is 0 Å². The largest absolute Gasteiger partial charge is 0.469 e. The lowest BCUT2D eigenvalue weighted by atomic mass is 9.97. The quantitative estimate of drug-likeness (QED) is 0.534. The van der Waals surface area contributed by atoms with E-state index in [-0.39, 0.29) is 24.2 Å². The fourth-order valence-corrected chi connectivity index (χ4v) is 2.15. The summed E-state index contributed by atoms with van der Waals surface area (Å²) in [6, 6.07) is 0.181. The average Bonchev–Trinajstić information content (AvgIpc) is 2.77. The molecule has 5 nitrogen and oxygen atoms in total. The van der Waals surface area contributed by atoms with Gasteiger partial charge in [0.05, 0.1) is 13.0 Å². The standard InChI is InChI=1S/C11H21NO4/c1-14-10(15-2)5-4-9-8(6-7-12-9)11(13)16-3/h8-10,12H,4-7H2,1-3H3/t8-,9-/m0/s1. The van der Waals surface area contributed by atoms with Crippen molar-refractivity contribution in [1.29, 1.82) is 0 Å². The van der Waals surface area contributed by atoms with Crippen LogP contribution in [-0.4, -0.2) is 46.2 Å². The lowest BCUT2D eigenvalue weighted by Gasteiger charge is -2.20. The number of nitrogens with one attached hydrogen (secondary N) is 1.